The second-order valence-corrected chi connectivity index (χ2v) is 7.76. The minimum absolute atomic E-state index is 0.0245. The molecule has 1 aliphatic heterocycles. The van der Waals surface area contributed by atoms with Gasteiger partial charge in [0, 0.05) is 43.1 Å². The first-order chi connectivity index (χ1) is 12.3. The van der Waals surface area contributed by atoms with Crippen LogP contribution in [0.5, 0.6) is 0 Å². The Morgan fingerprint density at radius 2 is 2.00 bits per heavy atom. The summed E-state index contributed by atoms with van der Waals surface area (Å²) >= 11 is 0. The van der Waals surface area contributed by atoms with Crippen molar-refractivity contribution in [3.63, 3.8) is 0 Å². The Hall–Kier alpha value is -2.96. The fourth-order valence-corrected chi connectivity index (χ4v) is 4.01. The van der Waals surface area contributed by atoms with Crippen LogP contribution < -0.4 is 16.6 Å². The summed E-state index contributed by atoms with van der Waals surface area (Å²) in [7, 11) is 1.60. The molecule has 1 aliphatic carbocycles. The number of hydrogen-bond acceptors (Lipinski definition) is 5. The molecule has 1 atom stereocenters. The molecule has 0 spiro atoms. The Morgan fingerprint density at radius 3 is 2.69 bits per heavy atom. The lowest BCUT2D eigenvalue weighted by Crippen LogP contribution is -2.41. The molecule has 0 saturated carbocycles. The number of Topliss-reactive ketones (excluding diaryl/α,β-unsaturated/α-hetero) is 1. The molecule has 134 valence electrons. The summed E-state index contributed by atoms with van der Waals surface area (Å²) in [6, 6.07) is 3.64. The maximum atomic E-state index is 13.0. The van der Waals surface area contributed by atoms with Crippen molar-refractivity contribution in [2.45, 2.75) is 32.6 Å². The summed E-state index contributed by atoms with van der Waals surface area (Å²) < 4.78 is 1.38. The highest BCUT2D eigenvalue weighted by atomic mass is 16.2. The molecule has 0 amide bonds. The van der Waals surface area contributed by atoms with Gasteiger partial charge >= 0.3 is 5.69 Å². The van der Waals surface area contributed by atoms with E-state index in [-0.39, 0.29) is 11.2 Å². The standard InChI is InChI=1S/C19H20N4O3/c1-19(2)7-11-14(12(24)8-19)13(10-5-4-6-20-9-10)15-16(21-11)23(3)18(26)22-17(15)25/h4-6,9,13,21H,7-8H2,1-3H3,(H,22,25,26)/t13-/m0/s1. The monoisotopic (exact) mass is 352 g/mol. The first kappa shape index (κ1) is 16.5. The third-order valence-electron chi connectivity index (χ3n) is 5.14. The van der Waals surface area contributed by atoms with Crippen molar-refractivity contribution >= 4 is 11.6 Å². The third-order valence-corrected chi connectivity index (χ3v) is 5.14. The Bertz CT molecular complexity index is 1060. The maximum Gasteiger partial charge on any atom is 0.329 e. The third kappa shape index (κ3) is 2.42. The van der Waals surface area contributed by atoms with Crippen LogP contribution in [0.2, 0.25) is 0 Å². The van der Waals surface area contributed by atoms with Gasteiger partial charge in [-0.1, -0.05) is 19.9 Å². The molecule has 0 saturated heterocycles. The fraction of sp³-hybridized carbons (Fsp3) is 0.368. The van der Waals surface area contributed by atoms with Crippen LogP contribution in [0.15, 0.2) is 45.4 Å². The molecule has 2 aliphatic rings. The van der Waals surface area contributed by atoms with Gasteiger partial charge in [0.25, 0.3) is 5.56 Å². The number of carbonyl (C=O) groups is 1. The van der Waals surface area contributed by atoms with Gasteiger partial charge in [0.15, 0.2) is 5.78 Å². The molecule has 0 fully saturated rings. The molecule has 26 heavy (non-hydrogen) atoms. The molecule has 7 nitrogen and oxygen atoms in total. The van der Waals surface area contributed by atoms with E-state index in [4.69, 9.17) is 0 Å². The van der Waals surface area contributed by atoms with E-state index in [1.165, 1.54) is 4.57 Å². The minimum atomic E-state index is -0.533. The molecule has 2 N–H and O–H groups in total. The number of hydrogen-bond donors (Lipinski definition) is 2. The average molecular weight is 352 g/mol. The Kier molecular flexibility index (Phi) is 3.50. The van der Waals surface area contributed by atoms with Crippen molar-refractivity contribution in [3.8, 4) is 0 Å². The largest absolute Gasteiger partial charge is 0.344 e. The van der Waals surface area contributed by atoms with E-state index in [0.29, 0.717) is 29.8 Å². The number of anilines is 1. The maximum absolute atomic E-state index is 13.0. The second-order valence-electron chi connectivity index (χ2n) is 7.76. The normalized spacial score (nSPS) is 21.0. The summed E-state index contributed by atoms with van der Waals surface area (Å²) in [5, 5.41) is 3.22. The van der Waals surface area contributed by atoms with Crippen LogP contribution in [0.1, 0.15) is 43.7 Å². The summed E-state index contributed by atoms with van der Waals surface area (Å²) in [6.45, 7) is 4.09. The molecule has 0 radical (unpaired) electrons. The van der Waals surface area contributed by atoms with E-state index in [1.54, 1.807) is 25.5 Å². The van der Waals surface area contributed by atoms with Crippen molar-refractivity contribution in [2.24, 2.45) is 12.5 Å². The number of allylic oxidation sites excluding steroid dienone is 2. The molecular weight excluding hydrogens is 332 g/mol. The van der Waals surface area contributed by atoms with Gasteiger partial charge in [-0.05, 0) is 23.5 Å². The lowest BCUT2D eigenvalue weighted by Gasteiger charge is -2.39. The Morgan fingerprint density at radius 1 is 1.23 bits per heavy atom. The second kappa shape index (κ2) is 5.52. The molecule has 0 aromatic carbocycles. The summed E-state index contributed by atoms with van der Waals surface area (Å²) in [6.07, 6.45) is 4.41. The Balaban J connectivity index is 2.05. The number of nitrogens with zero attached hydrogens (tertiary/aromatic N) is 2. The van der Waals surface area contributed by atoms with Gasteiger partial charge in [0.05, 0.1) is 5.56 Å². The zero-order valence-corrected chi connectivity index (χ0v) is 14.9. The Labute approximate surface area is 149 Å². The van der Waals surface area contributed by atoms with Gasteiger partial charge in [-0.2, -0.15) is 0 Å². The van der Waals surface area contributed by atoms with E-state index in [1.807, 2.05) is 19.9 Å². The molecule has 0 unspecified atom stereocenters. The van der Waals surface area contributed by atoms with Gasteiger partial charge in [-0.15, -0.1) is 0 Å². The molecule has 4 rings (SSSR count). The van der Waals surface area contributed by atoms with Crippen molar-refractivity contribution in [3.05, 3.63) is 67.8 Å². The number of pyridine rings is 1. The van der Waals surface area contributed by atoms with Crippen LogP contribution in [-0.4, -0.2) is 20.3 Å². The number of aromatic amines is 1. The van der Waals surface area contributed by atoms with Crippen LogP contribution in [0.4, 0.5) is 5.82 Å². The highest BCUT2D eigenvalue weighted by molar-refractivity contribution is 6.01. The van der Waals surface area contributed by atoms with Gasteiger partial charge in [0.1, 0.15) is 5.82 Å². The van der Waals surface area contributed by atoms with Gasteiger partial charge in [0.2, 0.25) is 0 Å². The SMILES string of the molecule is Cn1c2c(c(=O)[nH]c1=O)[C@@H](c1cccnc1)C1=C(CC(C)(C)CC1=O)N2. The van der Waals surface area contributed by atoms with Crippen LogP contribution in [0, 0.1) is 5.41 Å². The van der Waals surface area contributed by atoms with E-state index in [9.17, 15) is 14.4 Å². The number of nitrogens with one attached hydrogen (secondary N) is 2. The van der Waals surface area contributed by atoms with E-state index < -0.39 is 17.2 Å². The number of rotatable bonds is 1. The minimum Gasteiger partial charge on any atom is -0.344 e. The van der Waals surface area contributed by atoms with Gasteiger partial charge < -0.3 is 5.32 Å². The lowest BCUT2D eigenvalue weighted by atomic mass is 9.69. The number of aromatic nitrogens is 3. The molecule has 7 heteroatoms. The first-order valence-corrected chi connectivity index (χ1v) is 8.55. The van der Waals surface area contributed by atoms with Gasteiger partial charge in [-0.25, -0.2) is 4.79 Å². The van der Waals surface area contributed by atoms with Crippen molar-refractivity contribution in [1.82, 2.24) is 14.5 Å². The number of carbonyl (C=O) groups excluding carboxylic acids is 1. The van der Waals surface area contributed by atoms with Gasteiger partial charge in [-0.3, -0.25) is 24.1 Å². The predicted octanol–water partition coefficient (Wildman–Crippen LogP) is 1.67. The van der Waals surface area contributed by atoms with Crippen molar-refractivity contribution < 1.29 is 4.79 Å². The highest BCUT2D eigenvalue weighted by Crippen LogP contribution is 2.47. The zero-order chi connectivity index (χ0) is 18.6. The van der Waals surface area contributed by atoms with Crippen LogP contribution in [0.3, 0.4) is 0 Å². The van der Waals surface area contributed by atoms with E-state index >= 15 is 0 Å². The molecule has 3 heterocycles. The van der Waals surface area contributed by atoms with Crippen LogP contribution in [0.25, 0.3) is 0 Å². The number of fused-ring (bicyclic) bond motifs is 1. The average Bonchev–Trinajstić information content (AvgIpc) is 2.57. The van der Waals surface area contributed by atoms with E-state index in [0.717, 1.165) is 11.3 Å². The topological polar surface area (TPSA) is 96.8 Å². The van der Waals surface area contributed by atoms with Crippen molar-refractivity contribution in [1.29, 1.82) is 0 Å². The van der Waals surface area contributed by atoms with Crippen LogP contribution >= 0.6 is 0 Å². The quantitative estimate of drug-likeness (QED) is 0.814. The van der Waals surface area contributed by atoms with Crippen LogP contribution in [-0.2, 0) is 11.8 Å². The summed E-state index contributed by atoms with van der Waals surface area (Å²) in [5.41, 5.74) is 1.39. The fourth-order valence-electron chi connectivity index (χ4n) is 4.01. The lowest BCUT2D eigenvalue weighted by molar-refractivity contribution is -0.118. The number of ketones is 1. The first-order valence-electron chi connectivity index (χ1n) is 8.55. The number of H-pyrrole nitrogens is 1. The molecule has 0 bridgehead atoms. The highest BCUT2D eigenvalue weighted by Gasteiger charge is 2.42. The summed E-state index contributed by atoms with van der Waals surface area (Å²) in [4.78, 5) is 44.3. The molecule has 2 aromatic heterocycles. The molecule has 2 aromatic rings. The van der Waals surface area contributed by atoms with Crippen molar-refractivity contribution in [2.75, 3.05) is 5.32 Å². The predicted molar refractivity (Wildman–Crippen MR) is 97.1 cm³/mol. The summed E-state index contributed by atoms with van der Waals surface area (Å²) in [5.74, 6) is -0.0672. The van der Waals surface area contributed by atoms with E-state index in [2.05, 4.69) is 15.3 Å². The zero-order valence-electron chi connectivity index (χ0n) is 14.9. The smallest absolute Gasteiger partial charge is 0.329 e. The molecular formula is C19H20N4O3.